The lowest BCUT2D eigenvalue weighted by atomic mass is 9.79. The molecule has 1 aliphatic carbocycles. The minimum absolute atomic E-state index is 0.0733. The number of hydrogen-bond donors (Lipinski definition) is 4. The van der Waals surface area contributed by atoms with Gasteiger partial charge in [-0.25, -0.2) is 0 Å². The van der Waals surface area contributed by atoms with Crippen LogP contribution in [0.4, 0.5) is 0 Å². The second-order valence-corrected chi connectivity index (χ2v) is 13.9. The zero-order chi connectivity index (χ0) is 30.0. The van der Waals surface area contributed by atoms with Crippen LogP contribution in [-0.4, -0.2) is 83.4 Å². The fourth-order valence-electron chi connectivity index (χ4n) is 4.41. The van der Waals surface area contributed by atoms with Gasteiger partial charge < -0.3 is 30.7 Å². The number of nitrogens with one attached hydrogen (secondary N) is 4. The Bertz CT molecular complexity index is 1030. The van der Waals surface area contributed by atoms with Crippen LogP contribution in [0.1, 0.15) is 65.7 Å². The molecule has 1 saturated heterocycles. The number of esters is 2. The lowest BCUT2D eigenvalue weighted by molar-refractivity contribution is -0.155. The smallest absolute Gasteiger partial charge is 0.326 e. The molecule has 2 bridgehead atoms. The Morgan fingerprint density at radius 2 is 1.78 bits per heavy atom. The van der Waals surface area contributed by atoms with Crippen molar-refractivity contribution in [2.45, 2.75) is 95.5 Å². The number of carbonyl (C=O) groups is 6. The van der Waals surface area contributed by atoms with Gasteiger partial charge in [-0.2, -0.15) is 0 Å². The average Bonchev–Trinajstić information content (AvgIpc) is 2.84. The van der Waals surface area contributed by atoms with E-state index in [1.807, 2.05) is 0 Å². The Morgan fingerprint density at radius 1 is 1.02 bits per heavy atom. The topological polar surface area (TPSA) is 169 Å². The second kappa shape index (κ2) is 15.5. The lowest BCUT2D eigenvalue weighted by Crippen LogP contribution is -2.60. The van der Waals surface area contributed by atoms with Crippen molar-refractivity contribution in [3.63, 3.8) is 0 Å². The number of carbonyl (C=O) groups excluding carboxylic acids is 6. The molecule has 2 heterocycles. The summed E-state index contributed by atoms with van der Waals surface area (Å²) in [6, 6.07) is -3.04. The zero-order valence-electron chi connectivity index (χ0n) is 23.7. The predicted octanol–water partition coefficient (Wildman–Crippen LogP) is 1.14. The van der Waals surface area contributed by atoms with E-state index in [9.17, 15) is 28.8 Å². The third-order valence-corrected chi connectivity index (χ3v) is 9.10. The molecule has 4 amide bonds. The normalized spacial score (nSPS) is 27.7. The van der Waals surface area contributed by atoms with Gasteiger partial charge in [0.15, 0.2) is 0 Å². The molecule has 14 heteroatoms. The molecule has 0 aromatic carbocycles. The van der Waals surface area contributed by atoms with Crippen LogP contribution in [0.5, 0.6) is 0 Å². The summed E-state index contributed by atoms with van der Waals surface area (Å²) in [6.45, 7) is 4.75. The number of rotatable bonds is 4. The SMILES string of the molecule is CC(C)(C)OC(=O)CC[C@H]1NC(=O)C[C@H]2C=CCCSSC[C@@H](NC1=O)C(=O)NC(C1CCC1)C(=O)NCC(=O)O2. The Hall–Kier alpha value is -2.74. The molecule has 2 aliphatic heterocycles. The first-order valence-corrected chi connectivity index (χ1v) is 16.4. The third kappa shape index (κ3) is 11.2. The van der Waals surface area contributed by atoms with Crippen LogP contribution in [-0.2, 0) is 38.2 Å². The monoisotopic (exact) mass is 612 g/mol. The van der Waals surface area contributed by atoms with Gasteiger partial charge in [0.2, 0.25) is 23.6 Å². The summed E-state index contributed by atoms with van der Waals surface area (Å²) in [5.74, 6) is -2.77. The van der Waals surface area contributed by atoms with E-state index in [1.54, 1.807) is 32.9 Å². The van der Waals surface area contributed by atoms with Crippen LogP contribution in [0.25, 0.3) is 0 Å². The van der Waals surface area contributed by atoms with Crippen molar-refractivity contribution in [2.75, 3.05) is 18.1 Å². The van der Waals surface area contributed by atoms with Gasteiger partial charge in [0.1, 0.15) is 36.4 Å². The molecule has 1 saturated carbocycles. The highest BCUT2D eigenvalue weighted by Gasteiger charge is 2.37. The van der Waals surface area contributed by atoms with Crippen molar-refractivity contribution in [1.82, 2.24) is 21.3 Å². The summed E-state index contributed by atoms with van der Waals surface area (Å²) in [7, 11) is 2.90. The Kier molecular flexibility index (Phi) is 12.4. The summed E-state index contributed by atoms with van der Waals surface area (Å²) in [5.41, 5.74) is -0.722. The molecule has 3 aliphatic rings. The van der Waals surface area contributed by atoms with Gasteiger partial charge in [-0.05, 0) is 58.4 Å². The molecule has 41 heavy (non-hydrogen) atoms. The van der Waals surface area contributed by atoms with Gasteiger partial charge in [-0.1, -0.05) is 34.1 Å². The van der Waals surface area contributed by atoms with Crippen LogP contribution in [0.3, 0.4) is 0 Å². The molecule has 0 aromatic heterocycles. The largest absolute Gasteiger partial charge is 0.460 e. The number of hydrogen-bond acceptors (Lipinski definition) is 10. The molecule has 3 rings (SSSR count). The standard InChI is InChI=1S/C27H40N4O8S2/c1-27(2,3)39-21(33)11-10-18-24(35)30-19-15-41-40-12-5-4-9-17(13-20(32)29-18)38-22(34)14-28-26(37)23(31-25(19)36)16-7-6-8-16/h4,9,16-19,23H,5-8,10-15H2,1-3H3,(H,28,37)(H,29,32)(H,30,35)(H,31,36)/t17-,18-,19-,23?/m1/s1. The summed E-state index contributed by atoms with van der Waals surface area (Å²) in [4.78, 5) is 77.9. The van der Waals surface area contributed by atoms with E-state index in [0.717, 1.165) is 19.3 Å². The molecule has 1 unspecified atom stereocenters. The highest BCUT2D eigenvalue weighted by Crippen LogP contribution is 2.30. The van der Waals surface area contributed by atoms with Gasteiger partial charge in [-0.3, -0.25) is 28.8 Å². The van der Waals surface area contributed by atoms with Gasteiger partial charge in [-0.15, -0.1) is 0 Å². The Balaban J connectivity index is 1.91. The maximum Gasteiger partial charge on any atom is 0.326 e. The van der Waals surface area contributed by atoms with E-state index in [0.29, 0.717) is 12.2 Å². The molecule has 0 spiro atoms. The van der Waals surface area contributed by atoms with E-state index < -0.39 is 71.9 Å². The van der Waals surface area contributed by atoms with E-state index in [2.05, 4.69) is 21.3 Å². The fraction of sp³-hybridized carbons (Fsp3) is 0.704. The van der Waals surface area contributed by atoms with Crippen molar-refractivity contribution in [3.8, 4) is 0 Å². The first-order chi connectivity index (χ1) is 19.4. The molecule has 228 valence electrons. The van der Waals surface area contributed by atoms with Crippen LogP contribution in [0.15, 0.2) is 12.2 Å². The minimum Gasteiger partial charge on any atom is -0.460 e. The number of amides is 4. The number of ether oxygens (including phenoxy) is 2. The maximum atomic E-state index is 13.4. The molecule has 4 N–H and O–H groups in total. The molecular formula is C27H40N4O8S2. The highest BCUT2D eigenvalue weighted by molar-refractivity contribution is 8.76. The first-order valence-electron chi connectivity index (χ1n) is 13.9. The van der Waals surface area contributed by atoms with Crippen molar-refractivity contribution < 1.29 is 38.2 Å². The molecule has 0 aromatic rings. The average molecular weight is 613 g/mol. The van der Waals surface area contributed by atoms with Crippen LogP contribution >= 0.6 is 21.6 Å². The van der Waals surface area contributed by atoms with Crippen molar-refractivity contribution in [1.29, 1.82) is 0 Å². The quantitative estimate of drug-likeness (QED) is 0.205. The Morgan fingerprint density at radius 3 is 2.46 bits per heavy atom. The molecule has 0 radical (unpaired) electrons. The van der Waals surface area contributed by atoms with E-state index in [-0.39, 0.29) is 30.9 Å². The maximum absolute atomic E-state index is 13.4. The van der Waals surface area contributed by atoms with Gasteiger partial charge in [0.05, 0.1) is 6.42 Å². The first kappa shape index (κ1) is 32.8. The molecule has 12 nitrogen and oxygen atoms in total. The lowest BCUT2D eigenvalue weighted by Gasteiger charge is -2.34. The Labute approximate surface area is 248 Å². The van der Waals surface area contributed by atoms with Crippen molar-refractivity contribution in [2.24, 2.45) is 5.92 Å². The van der Waals surface area contributed by atoms with Crippen LogP contribution < -0.4 is 21.3 Å². The number of allylic oxidation sites excluding steroid dienone is 1. The predicted molar refractivity (Wildman–Crippen MR) is 154 cm³/mol. The van der Waals surface area contributed by atoms with Gasteiger partial charge in [0, 0.05) is 17.9 Å². The van der Waals surface area contributed by atoms with Gasteiger partial charge in [0.25, 0.3) is 0 Å². The van der Waals surface area contributed by atoms with Crippen LogP contribution in [0, 0.1) is 5.92 Å². The summed E-state index contributed by atoms with van der Waals surface area (Å²) < 4.78 is 10.8. The molecular weight excluding hydrogens is 572 g/mol. The summed E-state index contributed by atoms with van der Waals surface area (Å²) >= 11 is 0. The van der Waals surface area contributed by atoms with Crippen LogP contribution in [0.2, 0.25) is 0 Å². The van der Waals surface area contributed by atoms with Crippen molar-refractivity contribution in [3.05, 3.63) is 12.2 Å². The van der Waals surface area contributed by atoms with Crippen molar-refractivity contribution >= 4 is 57.2 Å². The molecule has 2 fully saturated rings. The third-order valence-electron chi connectivity index (χ3n) is 6.66. The minimum atomic E-state index is -1.16. The number of fused-ring (bicyclic) bond motifs is 7. The second-order valence-electron chi connectivity index (χ2n) is 11.3. The zero-order valence-corrected chi connectivity index (χ0v) is 25.3. The van der Waals surface area contributed by atoms with E-state index >= 15 is 0 Å². The molecule has 4 atom stereocenters. The van der Waals surface area contributed by atoms with Gasteiger partial charge >= 0.3 is 11.9 Å². The van der Waals surface area contributed by atoms with E-state index in [4.69, 9.17) is 9.47 Å². The summed E-state index contributed by atoms with van der Waals surface area (Å²) in [5, 5.41) is 10.7. The van der Waals surface area contributed by atoms with E-state index in [1.165, 1.54) is 21.6 Å². The fourth-order valence-corrected chi connectivity index (χ4v) is 6.56. The highest BCUT2D eigenvalue weighted by atomic mass is 33.1. The summed E-state index contributed by atoms with van der Waals surface area (Å²) in [6.07, 6.45) is 5.02.